The quantitative estimate of drug-likeness (QED) is 0.807. The average Bonchev–Trinajstić information content (AvgIpc) is 2.76. The average molecular weight is 233 g/mol. The lowest BCUT2D eigenvalue weighted by Gasteiger charge is -2.09. The maximum absolute atomic E-state index is 11.4. The second kappa shape index (κ2) is 5.32. The zero-order valence-corrected chi connectivity index (χ0v) is 10.4. The highest BCUT2D eigenvalue weighted by Crippen LogP contribution is 2.20. The Labute approximate surface area is 102 Å². The summed E-state index contributed by atoms with van der Waals surface area (Å²) in [5.74, 6) is 0.387. The van der Waals surface area contributed by atoms with Crippen molar-refractivity contribution in [1.29, 1.82) is 0 Å². The van der Waals surface area contributed by atoms with Crippen molar-refractivity contribution in [3.63, 3.8) is 0 Å². The number of hydrogen-bond donors (Lipinski definition) is 1. The lowest BCUT2D eigenvalue weighted by atomic mass is 9.96. The monoisotopic (exact) mass is 233 g/mol. The SMILES string of the molecule is COC(=O)C1CC(Cc2cccc(C)c2)CN1. The lowest BCUT2D eigenvalue weighted by Crippen LogP contribution is -2.31. The van der Waals surface area contributed by atoms with Crippen molar-refractivity contribution in [2.24, 2.45) is 5.92 Å². The Morgan fingerprint density at radius 2 is 2.35 bits per heavy atom. The van der Waals surface area contributed by atoms with Gasteiger partial charge < -0.3 is 10.1 Å². The van der Waals surface area contributed by atoms with Crippen LogP contribution < -0.4 is 5.32 Å². The molecule has 92 valence electrons. The Balaban J connectivity index is 1.92. The highest BCUT2D eigenvalue weighted by molar-refractivity contribution is 5.76. The van der Waals surface area contributed by atoms with E-state index >= 15 is 0 Å². The minimum Gasteiger partial charge on any atom is -0.468 e. The zero-order valence-electron chi connectivity index (χ0n) is 10.4. The number of methoxy groups -OCH3 is 1. The van der Waals surface area contributed by atoms with Crippen LogP contribution in [0.3, 0.4) is 0 Å². The van der Waals surface area contributed by atoms with Crippen LogP contribution in [0.15, 0.2) is 24.3 Å². The van der Waals surface area contributed by atoms with Gasteiger partial charge in [-0.15, -0.1) is 0 Å². The van der Waals surface area contributed by atoms with Gasteiger partial charge in [0.1, 0.15) is 6.04 Å². The van der Waals surface area contributed by atoms with Crippen LogP contribution in [-0.4, -0.2) is 25.7 Å². The van der Waals surface area contributed by atoms with Crippen molar-refractivity contribution in [2.45, 2.75) is 25.8 Å². The van der Waals surface area contributed by atoms with Crippen molar-refractivity contribution in [2.75, 3.05) is 13.7 Å². The summed E-state index contributed by atoms with van der Waals surface area (Å²) < 4.78 is 4.75. The molecule has 2 unspecified atom stereocenters. The summed E-state index contributed by atoms with van der Waals surface area (Å²) in [6.07, 6.45) is 1.91. The predicted molar refractivity (Wildman–Crippen MR) is 66.8 cm³/mol. The standard InChI is InChI=1S/C14H19NO2/c1-10-4-3-5-11(6-10)7-12-8-13(15-9-12)14(16)17-2/h3-6,12-13,15H,7-9H2,1-2H3. The topological polar surface area (TPSA) is 38.3 Å². The molecule has 2 atom stereocenters. The van der Waals surface area contributed by atoms with E-state index in [1.165, 1.54) is 18.2 Å². The van der Waals surface area contributed by atoms with Gasteiger partial charge in [-0.3, -0.25) is 4.79 Å². The van der Waals surface area contributed by atoms with Gasteiger partial charge in [0.2, 0.25) is 0 Å². The van der Waals surface area contributed by atoms with Crippen molar-refractivity contribution < 1.29 is 9.53 Å². The van der Waals surface area contributed by atoms with Crippen molar-refractivity contribution in [3.05, 3.63) is 35.4 Å². The number of carbonyl (C=O) groups is 1. The molecule has 0 amide bonds. The summed E-state index contributed by atoms with van der Waals surface area (Å²) in [7, 11) is 1.44. The number of benzene rings is 1. The van der Waals surface area contributed by atoms with Gasteiger partial charge in [0.05, 0.1) is 7.11 Å². The van der Waals surface area contributed by atoms with Crippen molar-refractivity contribution in [1.82, 2.24) is 5.32 Å². The molecule has 3 nitrogen and oxygen atoms in total. The molecule has 17 heavy (non-hydrogen) atoms. The molecule has 3 heteroatoms. The fourth-order valence-corrected chi connectivity index (χ4v) is 2.46. The van der Waals surface area contributed by atoms with Crippen molar-refractivity contribution in [3.8, 4) is 0 Å². The van der Waals surface area contributed by atoms with Crippen LogP contribution in [0.1, 0.15) is 17.5 Å². The Hall–Kier alpha value is -1.35. The molecule has 2 rings (SSSR count). The molecule has 1 aromatic carbocycles. The number of carbonyl (C=O) groups excluding carboxylic acids is 1. The van der Waals surface area contributed by atoms with E-state index in [1.807, 2.05) is 0 Å². The van der Waals surface area contributed by atoms with E-state index in [2.05, 4.69) is 36.5 Å². The van der Waals surface area contributed by atoms with E-state index < -0.39 is 0 Å². The molecule has 1 fully saturated rings. The number of rotatable bonds is 3. The molecule has 0 saturated carbocycles. The minimum absolute atomic E-state index is 0.116. The Morgan fingerprint density at radius 3 is 3.06 bits per heavy atom. The Bertz CT molecular complexity index is 403. The third kappa shape index (κ3) is 3.07. The fourth-order valence-electron chi connectivity index (χ4n) is 2.46. The van der Waals surface area contributed by atoms with E-state index in [-0.39, 0.29) is 12.0 Å². The number of aryl methyl sites for hydroxylation is 1. The first-order chi connectivity index (χ1) is 8.19. The van der Waals surface area contributed by atoms with Gasteiger partial charge in [-0.25, -0.2) is 0 Å². The van der Waals surface area contributed by atoms with Gasteiger partial charge in [0, 0.05) is 0 Å². The molecule has 1 aliphatic rings. The second-order valence-electron chi connectivity index (χ2n) is 4.78. The summed E-state index contributed by atoms with van der Waals surface area (Å²) in [4.78, 5) is 11.4. The summed E-state index contributed by atoms with van der Waals surface area (Å²) in [5, 5.41) is 3.22. The van der Waals surface area contributed by atoms with E-state index in [0.29, 0.717) is 5.92 Å². The number of esters is 1. The third-order valence-corrected chi connectivity index (χ3v) is 3.31. The molecule has 0 radical (unpaired) electrons. The second-order valence-corrected chi connectivity index (χ2v) is 4.78. The smallest absolute Gasteiger partial charge is 0.322 e. The van der Waals surface area contributed by atoms with E-state index in [0.717, 1.165) is 19.4 Å². The van der Waals surface area contributed by atoms with E-state index in [9.17, 15) is 4.79 Å². The first-order valence-electron chi connectivity index (χ1n) is 6.06. The normalized spacial score (nSPS) is 23.6. The molecule has 0 aromatic heterocycles. The van der Waals surface area contributed by atoms with E-state index in [1.54, 1.807) is 0 Å². The molecule has 1 aliphatic heterocycles. The molecule has 0 spiro atoms. The summed E-state index contributed by atoms with van der Waals surface area (Å²) >= 11 is 0. The molecule has 0 bridgehead atoms. The highest BCUT2D eigenvalue weighted by Gasteiger charge is 2.29. The summed E-state index contributed by atoms with van der Waals surface area (Å²) in [6, 6.07) is 8.44. The Morgan fingerprint density at radius 1 is 1.53 bits per heavy atom. The lowest BCUT2D eigenvalue weighted by molar-refractivity contribution is -0.142. The highest BCUT2D eigenvalue weighted by atomic mass is 16.5. The molecule has 1 N–H and O–H groups in total. The molecule has 1 saturated heterocycles. The molecule has 0 aliphatic carbocycles. The van der Waals surface area contributed by atoms with Crippen LogP contribution in [0, 0.1) is 12.8 Å². The van der Waals surface area contributed by atoms with Crippen LogP contribution in [-0.2, 0) is 16.0 Å². The maximum Gasteiger partial charge on any atom is 0.322 e. The molecular weight excluding hydrogens is 214 g/mol. The van der Waals surface area contributed by atoms with Crippen LogP contribution in [0.5, 0.6) is 0 Å². The number of ether oxygens (including phenoxy) is 1. The van der Waals surface area contributed by atoms with Crippen molar-refractivity contribution >= 4 is 5.97 Å². The van der Waals surface area contributed by atoms with Gasteiger partial charge in [0.25, 0.3) is 0 Å². The van der Waals surface area contributed by atoms with Crippen LogP contribution in [0.25, 0.3) is 0 Å². The number of nitrogens with one attached hydrogen (secondary N) is 1. The minimum atomic E-state index is -0.142. The van der Waals surface area contributed by atoms with Gasteiger partial charge in [-0.1, -0.05) is 29.8 Å². The third-order valence-electron chi connectivity index (χ3n) is 3.31. The first-order valence-corrected chi connectivity index (χ1v) is 6.06. The largest absolute Gasteiger partial charge is 0.468 e. The van der Waals surface area contributed by atoms with Crippen LogP contribution >= 0.6 is 0 Å². The van der Waals surface area contributed by atoms with Crippen LogP contribution in [0.2, 0.25) is 0 Å². The predicted octanol–water partition coefficient (Wildman–Crippen LogP) is 1.69. The molecule has 1 heterocycles. The van der Waals surface area contributed by atoms with Gasteiger partial charge in [0.15, 0.2) is 0 Å². The van der Waals surface area contributed by atoms with Gasteiger partial charge in [-0.2, -0.15) is 0 Å². The summed E-state index contributed by atoms with van der Waals surface area (Å²) in [5.41, 5.74) is 2.64. The zero-order chi connectivity index (χ0) is 12.3. The maximum atomic E-state index is 11.4. The number of hydrogen-bond acceptors (Lipinski definition) is 3. The van der Waals surface area contributed by atoms with Crippen LogP contribution in [0.4, 0.5) is 0 Å². The fraction of sp³-hybridized carbons (Fsp3) is 0.500. The summed E-state index contributed by atoms with van der Waals surface area (Å²) in [6.45, 7) is 3.00. The molecule has 1 aromatic rings. The first kappa shape index (κ1) is 12.1. The van der Waals surface area contributed by atoms with Gasteiger partial charge >= 0.3 is 5.97 Å². The Kier molecular flexibility index (Phi) is 3.79. The molecular formula is C14H19NO2. The van der Waals surface area contributed by atoms with Gasteiger partial charge in [-0.05, 0) is 37.8 Å². The van der Waals surface area contributed by atoms with E-state index in [4.69, 9.17) is 4.74 Å².